The van der Waals surface area contributed by atoms with E-state index in [1.54, 1.807) is 0 Å². The summed E-state index contributed by atoms with van der Waals surface area (Å²) in [5, 5.41) is 12.4. The van der Waals surface area contributed by atoms with E-state index in [9.17, 15) is 0 Å². The summed E-state index contributed by atoms with van der Waals surface area (Å²) in [5.41, 5.74) is 0. The van der Waals surface area contributed by atoms with E-state index < -0.39 is 0 Å². The highest BCUT2D eigenvalue weighted by atomic mass is 16.3. The molecule has 1 aliphatic heterocycles. The lowest BCUT2D eigenvalue weighted by Gasteiger charge is -2.31. The first-order valence-corrected chi connectivity index (χ1v) is 4.77. The standard InChI is InChI=1S/C9H17NO/c11-6-8-4-5-9(10-8)7-2-1-3-7/h7-11H,1-6H2/t8-,9+/m0/s1. The van der Waals surface area contributed by atoms with Crippen LogP contribution in [0.15, 0.2) is 0 Å². The van der Waals surface area contributed by atoms with Crippen LogP contribution in [-0.2, 0) is 0 Å². The first-order valence-electron chi connectivity index (χ1n) is 4.77. The molecule has 0 aromatic carbocycles. The number of hydrogen-bond donors (Lipinski definition) is 2. The zero-order valence-electron chi connectivity index (χ0n) is 6.92. The van der Waals surface area contributed by atoms with Gasteiger partial charge in [-0.25, -0.2) is 0 Å². The van der Waals surface area contributed by atoms with Crippen molar-refractivity contribution in [3.8, 4) is 0 Å². The molecule has 0 amide bonds. The quantitative estimate of drug-likeness (QED) is 0.621. The van der Waals surface area contributed by atoms with Crippen molar-refractivity contribution < 1.29 is 5.11 Å². The Morgan fingerprint density at radius 1 is 1.18 bits per heavy atom. The molecule has 2 heteroatoms. The molecule has 2 nitrogen and oxygen atoms in total. The average Bonchev–Trinajstić information content (AvgIpc) is 2.32. The third-order valence-corrected chi connectivity index (χ3v) is 3.22. The van der Waals surface area contributed by atoms with E-state index in [4.69, 9.17) is 5.11 Å². The van der Waals surface area contributed by atoms with E-state index in [1.165, 1.54) is 32.1 Å². The third-order valence-electron chi connectivity index (χ3n) is 3.22. The van der Waals surface area contributed by atoms with Gasteiger partial charge in [-0.15, -0.1) is 0 Å². The summed E-state index contributed by atoms with van der Waals surface area (Å²) in [6, 6.07) is 1.14. The molecule has 0 aromatic heterocycles. The van der Waals surface area contributed by atoms with Crippen LogP contribution in [0.1, 0.15) is 32.1 Å². The number of aliphatic hydroxyl groups is 1. The van der Waals surface area contributed by atoms with Crippen LogP contribution in [0.4, 0.5) is 0 Å². The molecular weight excluding hydrogens is 138 g/mol. The van der Waals surface area contributed by atoms with Crippen molar-refractivity contribution in [1.29, 1.82) is 0 Å². The van der Waals surface area contributed by atoms with Crippen molar-refractivity contribution >= 4 is 0 Å². The Morgan fingerprint density at radius 2 is 2.00 bits per heavy atom. The van der Waals surface area contributed by atoms with Crippen LogP contribution in [0.3, 0.4) is 0 Å². The fraction of sp³-hybridized carbons (Fsp3) is 1.00. The van der Waals surface area contributed by atoms with Crippen LogP contribution in [0.2, 0.25) is 0 Å². The second-order valence-electron chi connectivity index (χ2n) is 3.92. The van der Waals surface area contributed by atoms with E-state index in [-0.39, 0.29) is 0 Å². The van der Waals surface area contributed by atoms with Gasteiger partial charge in [0.2, 0.25) is 0 Å². The van der Waals surface area contributed by atoms with E-state index in [0.717, 1.165) is 12.0 Å². The fourth-order valence-corrected chi connectivity index (χ4v) is 2.21. The van der Waals surface area contributed by atoms with E-state index in [1.807, 2.05) is 0 Å². The Kier molecular flexibility index (Phi) is 2.14. The minimum atomic E-state index is 0.323. The van der Waals surface area contributed by atoms with Crippen LogP contribution in [0, 0.1) is 5.92 Å². The van der Waals surface area contributed by atoms with Gasteiger partial charge in [0.25, 0.3) is 0 Å². The molecule has 1 aliphatic carbocycles. The minimum absolute atomic E-state index is 0.323. The Hall–Kier alpha value is -0.0800. The maximum absolute atomic E-state index is 8.89. The van der Waals surface area contributed by atoms with Gasteiger partial charge in [-0.05, 0) is 31.6 Å². The Balaban J connectivity index is 1.79. The maximum Gasteiger partial charge on any atom is 0.0584 e. The molecule has 1 saturated heterocycles. The first kappa shape index (κ1) is 7.56. The second-order valence-corrected chi connectivity index (χ2v) is 3.92. The predicted octanol–water partition coefficient (Wildman–Crippen LogP) is 0.899. The second kappa shape index (κ2) is 3.11. The van der Waals surface area contributed by atoms with Gasteiger partial charge in [-0.3, -0.25) is 0 Å². The number of rotatable bonds is 2. The van der Waals surface area contributed by atoms with Crippen molar-refractivity contribution in [3.05, 3.63) is 0 Å². The molecule has 11 heavy (non-hydrogen) atoms. The summed E-state index contributed by atoms with van der Waals surface area (Å²) in [4.78, 5) is 0. The van der Waals surface area contributed by atoms with Crippen molar-refractivity contribution in [2.45, 2.75) is 44.2 Å². The number of nitrogens with one attached hydrogen (secondary N) is 1. The third kappa shape index (κ3) is 1.42. The molecule has 2 rings (SSSR count). The van der Waals surface area contributed by atoms with Gasteiger partial charge in [-0.2, -0.15) is 0 Å². The summed E-state index contributed by atoms with van der Waals surface area (Å²) in [6.07, 6.45) is 6.71. The molecule has 0 aromatic rings. The molecule has 1 heterocycles. The minimum Gasteiger partial charge on any atom is -0.395 e. The highest BCUT2D eigenvalue weighted by molar-refractivity contribution is 4.90. The molecule has 0 unspecified atom stereocenters. The lowest BCUT2D eigenvalue weighted by atomic mass is 9.79. The molecule has 2 atom stereocenters. The predicted molar refractivity (Wildman–Crippen MR) is 44.4 cm³/mol. The summed E-state index contributed by atoms with van der Waals surface area (Å²) >= 11 is 0. The number of aliphatic hydroxyl groups excluding tert-OH is 1. The normalized spacial score (nSPS) is 39.0. The van der Waals surface area contributed by atoms with Gasteiger partial charge in [0.1, 0.15) is 0 Å². The average molecular weight is 155 g/mol. The Bertz CT molecular complexity index is 134. The van der Waals surface area contributed by atoms with Gasteiger partial charge in [-0.1, -0.05) is 6.42 Å². The summed E-state index contributed by atoms with van der Waals surface area (Å²) < 4.78 is 0. The molecule has 0 radical (unpaired) electrons. The van der Waals surface area contributed by atoms with Crippen LogP contribution < -0.4 is 5.32 Å². The van der Waals surface area contributed by atoms with E-state index in [2.05, 4.69) is 5.32 Å². The SMILES string of the molecule is OC[C@@H]1CC[C@H](C2CCC2)N1. The van der Waals surface area contributed by atoms with E-state index >= 15 is 0 Å². The first-order chi connectivity index (χ1) is 5.40. The van der Waals surface area contributed by atoms with Crippen molar-refractivity contribution in [1.82, 2.24) is 5.32 Å². The van der Waals surface area contributed by atoms with Crippen LogP contribution >= 0.6 is 0 Å². The topological polar surface area (TPSA) is 32.3 Å². The lowest BCUT2D eigenvalue weighted by Crippen LogP contribution is -2.39. The summed E-state index contributed by atoms with van der Waals surface area (Å²) in [7, 11) is 0. The molecule has 64 valence electrons. The monoisotopic (exact) mass is 155 g/mol. The molecule has 0 bridgehead atoms. The molecule has 2 N–H and O–H groups in total. The van der Waals surface area contributed by atoms with Gasteiger partial charge in [0, 0.05) is 12.1 Å². The van der Waals surface area contributed by atoms with Crippen molar-refractivity contribution in [3.63, 3.8) is 0 Å². The van der Waals surface area contributed by atoms with E-state index in [0.29, 0.717) is 12.6 Å². The van der Waals surface area contributed by atoms with Gasteiger partial charge in [0.05, 0.1) is 6.61 Å². The summed E-state index contributed by atoms with van der Waals surface area (Å²) in [6.45, 7) is 0.323. The van der Waals surface area contributed by atoms with Gasteiger partial charge in [0.15, 0.2) is 0 Å². The van der Waals surface area contributed by atoms with Crippen molar-refractivity contribution in [2.75, 3.05) is 6.61 Å². The summed E-state index contributed by atoms with van der Waals surface area (Å²) in [5.74, 6) is 0.937. The van der Waals surface area contributed by atoms with Gasteiger partial charge >= 0.3 is 0 Å². The lowest BCUT2D eigenvalue weighted by molar-refractivity contribution is 0.216. The zero-order valence-corrected chi connectivity index (χ0v) is 6.92. The molecule has 1 saturated carbocycles. The van der Waals surface area contributed by atoms with Crippen LogP contribution in [-0.4, -0.2) is 23.8 Å². The largest absolute Gasteiger partial charge is 0.395 e. The number of hydrogen-bond acceptors (Lipinski definition) is 2. The highest BCUT2D eigenvalue weighted by Crippen LogP contribution is 2.34. The maximum atomic E-state index is 8.89. The molecular formula is C9H17NO. The Morgan fingerprint density at radius 3 is 2.45 bits per heavy atom. The van der Waals surface area contributed by atoms with Crippen LogP contribution in [0.25, 0.3) is 0 Å². The fourth-order valence-electron chi connectivity index (χ4n) is 2.21. The Labute approximate surface area is 68.0 Å². The molecule has 0 spiro atoms. The molecule has 2 aliphatic rings. The molecule has 2 fully saturated rings. The highest BCUT2D eigenvalue weighted by Gasteiger charge is 2.32. The van der Waals surface area contributed by atoms with Crippen molar-refractivity contribution in [2.24, 2.45) is 5.92 Å². The van der Waals surface area contributed by atoms with Crippen LogP contribution in [0.5, 0.6) is 0 Å². The van der Waals surface area contributed by atoms with Gasteiger partial charge < -0.3 is 10.4 Å². The smallest absolute Gasteiger partial charge is 0.0584 e. The zero-order chi connectivity index (χ0) is 7.68.